The van der Waals surface area contributed by atoms with E-state index in [1.165, 1.54) is 11.3 Å². The van der Waals surface area contributed by atoms with Crippen molar-refractivity contribution in [3.05, 3.63) is 29.8 Å². The molecule has 0 aliphatic rings. The highest BCUT2D eigenvalue weighted by Gasteiger charge is 2.03. The van der Waals surface area contributed by atoms with Gasteiger partial charge in [0, 0.05) is 23.5 Å². The molecule has 1 amide bonds. The Morgan fingerprint density at radius 1 is 1.37 bits per heavy atom. The minimum absolute atomic E-state index is 0.0128. The fraction of sp³-hybridized carbons (Fsp3) is 0.250. The molecule has 2 rings (SSSR count). The second-order valence-corrected chi connectivity index (χ2v) is 5.89. The summed E-state index contributed by atoms with van der Waals surface area (Å²) in [5.41, 5.74) is 2.52. The molecule has 0 atom stereocenters. The highest BCUT2D eigenvalue weighted by molar-refractivity contribution is 8.01. The van der Waals surface area contributed by atoms with Crippen LogP contribution in [0.2, 0.25) is 0 Å². The van der Waals surface area contributed by atoms with Crippen molar-refractivity contribution in [1.29, 1.82) is 0 Å². The van der Waals surface area contributed by atoms with E-state index in [0.29, 0.717) is 13.0 Å². The van der Waals surface area contributed by atoms with Crippen LogP contribution in [0, 0.1) is 0 Å². The first kappa shape index (κ1) is 14.0. The molecule has 0 spiro atoms. The molecule has 0 unspecified atom stereocenters. The Kier molecular flexibility index (Phi) is 5.31. The normalized spacial score (nSPS) is 10.4. The third-order valence-corrected chi connectivity index (χ3v) is 4.07. The first-order valence-electron chi connectivity index (χ1n) is 5.76. The monoisotopic (exact) mass is 294 g/mol. The smallest absolute Gasteiger partial charge is 0.225 e. The lowest BCUT2D eigenvalue weighted by molar-refractivity contribution is -0.116. The zero-order valence-electron chi connectivity index (χ0n) is 10.4. The summed E-state index contributed by atoms with van der Waals surface area (Å²) in [7, 11) is 1.83. The van der Waals surface area contributed by atoms with E-state index in [9.17, 15) is 4.79 Å². The van der Waals surface area contributed by atoms with Crippen molar-refractivity contribution in [1.82, 2.24) is 15.5 Å². The third-order valence-electron chi connectivity index (χ3n) is 2.29. The van der Waals surface area contributed by atoms with Crippen molar-refractivity contribution in [3.8, 4) is 0 Å². The highest BCUT2D eigenvalue weighted by Crippen LogP contribution is 2.29. The van der Waals surface area contributed by atoms with Crippen molar-refractivity contribution in [3.63, 3.8) is 0 Å². The second-order valence-electron chi connectivity index (χ2n) is 3.73. The zero-order valence-corrected chi connectivity index (χ0v) is 12.1. The minimum atomic E-state index is 0.0128. The molecule has 0 aliphatic carbocycles. The molecular formula is C12H14N4OS2. The number of aromatic nitrogens is 2. The summed E-state index contributed by atoms with van der Waals surface area (Å²) in [5.74, 6) is 0.0128. The van der Waals surface area contributed by atoms with Gasteiger partial charge in [-0.05, 0) is 31.3 Å². The summed E-state index contributed by atoms with van der Waals surface area (Å²) in [6, 6.07) is 7.70. The maximum absolute atomic E-state index is 11.5. The van der Waals surface area contributed by atoms with E-state index < -0.39 is 0 Å². The number of anilines is 1. The fourth-order valence-electron chi connectivity index (χ4n) is 1.38. The number of amides is 1. The molecule has 0 aliphatic heterocycles. The Bertz CT molecular complexity index is 513. The maximum atomic E-state index is 11.5. The summed E-state index contributed by atoms with van der Waals surface area (Å²) >= 11 is 3.06. The molecule has 0 bridgehead atoms. The van der Waals surface area contributed by atoms with E-state index in [-0.39, 0.29) is 5.91 Å². The number of benzene rings is 1. The lowest BCUT2D eigenvalue weighted by Crippen LogP contribution is -2.18. The largest absolute Gasteiger partial charge is 0.326 e. The predicted octanol–water partition coefficient (Wildman–Crippen LogP) is 2.24. The Balaban J connectivity index is 1.89. The Morgan fingerprint density at radius 3 is 2.79 bits per heavy atom. The van der Waals surface area contributed by atoms with Crippen LogP contribution in [0.4, 0.5) is 5.69 Å². The molecule has 0 radical (unpaired) electrons. The van der Waals surface area contributed by atoms with Crippen molar-refractivity contribution in [2.45, 2.75) is 15.7 Å². The SMILES string of the molecule is CNCCC(=O)Nc1ccc(Sc2nncs2)cc1. The van der Waals surface area contributed by atoms with Crippen LogP contribution in [0.3, 0.4) is 0 Å². The van der Waals surface area contributed by atoms with Gasteiger partial charge in [-0.2, -0.15) is 0 Å². The fourth-order valence-corrected chi connectivity index (χ4v) is 2.83. The molecular weight excluding hydrogens is 280 g/mol. The van der Waals surface area contributed by atoms with Gasteiger partial charge in [0.15, 0.2) is 4.34 Å². The van der Waals surface area contributed by atoms with E-state index in [0.717, 1.165) is 14.9 Å². The van der Waals surface area contributed by atoms with Crippen molar-refractivity contribution >= 4 is 34.7 Å². The number of hydrogen-bond donors (Lipinski definition) is 2. The van der Waals surface area contributed by atoms with Gasteiger partial charge in [-0.1, -0.05) is 23.1 Å². The number of nitrogens with one attached hydrogen (secondary N) is 2. The molecule has 5 nitrogen and oxygen atoms in total. The number of carbonyl (C=O) groups excluding carboxylic acids is 1. The number of carbonyl (C=O) groups is 1. The molecule has 0 saturated heterocycles. The van der Waals surface area contributed by atoms with Gasteiger partial charge >= 0.3 is 0 Å². The predicted molar refractivity (Wildman–Crippen MR) is 77.6 cm³/mol. The first-order chi connectivity index (χ1) is 9.28. The molecule has 2 aromatic rings. The minimum Gasteiger partial charge on any atom is -0.326 e. The highest BCUT2D eigenvalue weighted by atomic mass is 32.2. The van der Waals surface area contributed by atoms with Gasteiger partial charge in [0.25, 0.3) is 0 Å². The lowest BCUT2D eigenvalue weighted by atomic mass is 10.3. The van der Waals surface area contributed by atoms with Gasteiger partial charge in [0.05, 0.1) is 0 Å². The van der Waals surface area contributed by atoms with Gasteiger partial charge in [-0.15, -0.1) is 10.2 Å². The van der Waals surface area contributed by atoms with Crippen LogP contribution in [-0.4, -0.2) is 29.7 Å². The molecule has 19 heavy (non-hydrogen) atoms. The quantitative estimate of drug-likeness (QED) is 0.855. The Morgan fingerprint density at radius 2 is 2.16 bits per heavy atom. The molecule has 2 N–H and O–H groups in total. The zero-order chi connectivity index (χ0) is 13.5. The van der Waals surface area contributed by atoms with Crippen LogP contribution < -0.4 is 10.6 Å². The first-order valence-corrected chi connectivity index (χ1v) is 7.46. The van der Waals surface area contributed by atoms with Crippen molar-refractivity contribution < 1.29 is 4.79 Å². The van der Waals surface area contributed by atoms with Crippen molar-refractivity contribution in [2.75, 3.05) is 18.9 Å². The molecule has 7 heteroatoms. The van der Waals surface area contributed by atoms with Crippen LogP contribution in [0.5, 0.6) is 0 Å². The lowest BCUT2D eigenvalue weighted by Gasteiger charge is -2.05. The topological polar surface area (TPSA) is 66.9 Å². The molecule has 1 aromatic heterocycles. The van der Waals surface area contributed by atoms with Crippen LogP contribution in [0.25, 0.3) is 0 Å². The van der Waals surface area contributed by atoms with E-state index in [4.69, 9.17) is 0 Å². The summed E-state index contributed by atoms with van der Waals surface area (Å²) in [4.78, 5) is 12.6. The summed E-state index contributed by atoms with van der Waals surface area (Å²) in [5, 5.41) is 13.6. The Hall–Kier alpha value is -1.44. The van der Waals surface area contributed by atoms with Crippen LogP contribution in [0.1, 0.15) is 6.42 Å². The number of hydrogen-bond acceptors (Lipinski definition) is 6. The summed E-state index contributed by atoms with van der Waals surface area (Å²) < 4.78 is 0.908. The average Bonchev–Trinajstić information content (AvgIpc) is 2.91. The van der Waals surface area contributed by atoms with Crippen LogP contribution in [0.15, 0.2) is 39.0 Å². The van der Waals surface area contributed by atoms with Gasteiger partial charge < -0.3 is 10.6 Å². The maximum Gasteiger partial charge on any atom is 0.225 e. The molecule has 100 valence electrons. The number of rotatable bonds is 6. The van der Waals surface area contributed by atoms with Gasteiger partial charge in [0.2, 0.25) is 5.91 Å². The molecule has 1 aromatic carbocycles. The van der Waals surface area contributed by atoms with Gasteiger partial charge in [-0.3, -0.25) is 4.79 Å². The van der Waals surface area contributed by atoms with E-state index >= 15 is 0 Å². The van der Waals surface area contributed by atoms with Crippen LogP contribution >= 0.6 is 23.1 Å². The summed E-state index contributed by atoms with van der Waals surface area (Å²) in [6.45, 7) is 0.677. The average molecular weight is 294 g/mol. The molecule has 1 heterocycles. The van der Waals surface area contributed by atoms with E-state index in [1.54, 1.807) is 17.3 Å². The standard InChI is InChI=1S/C12H14N4OS2/c1-13-7-6-11(17)15-9-2-4-10(5-3-9)19-12-16-14-8-18-12/h2-5,8,13H,6-7H2,1H3,(H,15,17). The van der Waals surface area contributed by atoms with E-state index in [2.05, 4.69) is 20.8 Å². The molecule has 0 saturated carbocycles. The summed E-state index contributed by atoms with van der Waals surface area (Å²) in [6.07, 6.45) is 0.470. The van der Waals surface area contributed by atoms with Crippen LogP contribution in [-0.2, 0) is 4.79 Å². The van der Waals surface area contributed by atoms with Crippen molar-refractivity contribution in [2.24, 2.45) is 0 Å². The van der Waals surface area contributed by atoms with E-state index in [1.807, 2.05) is 31.3 Å². The third kappa shape index (κ3) is 4.62. The van der Waals surface area contributed by atoms with Gasteiger partial charge in [-0.25, -0.2) is 0 Å². The number of nitrogens with zero attached hydrogens (tertiary/aromatic N) is 2. The van der Waals surface area contributed by atoms with Gasteiger partial charge in [0.1, 0.15) is 5.51 Å². The Labute approximate surface area is 119 Å². The second kappa shape index (κ2) is 7.22. The molecule has 0 fully saturated rings.